The van der Waals surface area contributed by atoms with E-state index in [0.29, 0.717) is 22.0 Å². The summed E-state index contributed by atoms with van der Waals surface area (Å²) in [6.45, 7) is 0. The first kappa shape index (κ1) is 19.8. The lowest BCUT2D eigenvalue weighted by Crippen LogP contribution is -2.20. The third kappa shape index (κ3) is 3.79. The van der Waals surface area contributed by atoms with Crippen LogP contribution in [0.1, 0.15) is 5.56 Å². The number of hydrogen-bond donors (Lipinski definition) is 2. The second-order valence-corrected chi connectivity index (χ2v) is 7.90. The average molecular weight is 440 g/mol. The molecule has 0 saturated carbocycles. The number of carbonyl (C=O) groups is 2. The maximum Gasteiger partial charge on any atom is 0.283 e. The van der Waals surface area contributed by atoms with Crippen LogP contribution in [0.15, 0.2) is 112 Å². The van der Waals surface area contributed by atoms with Gasteiger partial charge in [-0.1, -0.05) is 66.7 Å². The minimum Gasteiger partial charge on any atom is -0.320 e. The first-order valence-corrected chi connectivity index (χ1v) is 10.7. The number of para-hydroxylation sites is 2. The Labute approximate surface area is 188 Å². The summed E-state index contributed by atoms with van der Waals surface area (Å²) >= 11 is 1.14. The van der Waals surface area contributed by atoms with Crippen LogP contribution < -0.4 is 15.8 Å². The van der Waals surface area contributed by atoms with Crippen LogP contribution in [0.5, 0.6) is 0 Å². The highest BCUT2D eigenvalue weighted by molar-refractivity contribution is 8.19. The first-order chi connectivity index (χ1) is 15.7. The quantitative estimate of drug-likeness (QED) is 0.603. The van der Waals surface area contributed by atoms with Gasteiger partial charge >= 0.3 is 0 Å². The van der Waals surface area contributed by atoms with E-state index < -0.39 is 0 Å². The Kier molecular flexibility index (Phi) is 5.27. The molecule has 5 rings (SSSR count). The summed E-state index contributed by atoms with van der Waals surface area (Å²) in [4.78, 5) is 25.8. The SMILES string of the molecule is O=C(Nc1ccccc1)C1=NN(c2ccccc2)/C(=C2/C(=O)NN=C2c2ccccc2)S1. The minimum atomic E-state index is -0.352. The highest BCUT2D eigenvalue weighted by Gasteiger charge is 2.36. The number of thioether (sulfide) groups is 1. The largest absolute Gasteiger partial charge is 0.320 e. The zero-order valence-electron chi connectivity index (χ0n) is 16.7. The van der Waals surface area contributed by atoms with Gasteiger partial charge < -0.3 is 5.32 Å². The third-order valence-corrected chi connectivity index (χ3v) is 5.83. The molecule has 0 unspecified atom stereocenters. The highest BCUT2D eigenvalue weighted by Crippen LogP contribution is 2.38. The standard InChI is InChI=1S/C24H17N5O2S/c30-21-19(20(26-27-21)16-10-4-1-5-11-16)24-29(18-14-8-3-9-15-18)28-23(32-24)22(31)25-17-12-6-2-7-13-17/h1-15H,(H,25,31)(H,27,30)/b24-19-. The third-order valence-electron chi connectivity index (χ3n) is 4.80. The van der Waals surface area contributed by atoms with Crippen molar-refractivity contribution in [1.82, 2.24) is 5.43 Å². The van der Waals surface area contributed by atoms with Gasteiger partial charge in [0.05, 0.1) is 5.69 Å². The number of hydrogen-bond acceptors (Lipinski definition) is 6. The van der Waals surface area contributed by atoms with Crippen LogP contribution >= 0.6 is 11.8 Å². The summed E-state index contributed by atoms with van der Waals surface area (Å²) in [7, 11) is 0. The van der Waals surface area contributed by atoms with E-state index in [9.17, 15) is 9.59 Å². The van der Waals surface area contributed by atoms with Gasteiger partial charge in [-0.25, -0.2) is 10.4 Å². The summed E-state index contributed by atoms with van der Waals surface area (Å²) in [5.74, 6) is -0.693. The van der Waals surface area contributed by atoms with E-state index in [-0.39, 0.29) is 16.9 Å². The molecular formula is C24H17N5O2S. The predicted octanol–water partition coefficient (Wildman–Crippen LogP) is 3.94. The molecule has 8 heteroatoms. The molecule has 2 amide bonds. The molecule has 7 nitrogen and oxygen atoms in total. The summed E-state index contributed by atoms with van der Waals surface area (Å²) in [6.07, 6.45) is 0. The van der Waals surface area contributed by atoms with Crippen molar-refractivity contribution in [2.24, 2.45) is 10.2 Å². The lowest BCUT2D eigenvalue weighted by atomic mass is 10.0. The summed E-state index contributed by atoms with van der Waals surface area (Å²) in [5.41, 5.74) is 5.63. The Bertz CT molecular complexity index is 1270. The molecule has 2 N–H and O–H groups in total. The van der Waals surface area contributed by atoms with Gasteiger partial charge in [0.2, 0.25) is 0 Å². The van der Waals surface area contributed by atoms with Crippen molar-refractivity contribution in [2.45, 2.75) is 0 Å². The fourth-order valence-electron chi connectivity index (χ4n) is 3.32. The molecule has 0 aromatic heterocycles. The van der Waals surface area contributed by atoms with Crippen LogP contribution in [-0.4, -0.2) is 22.6 Å². The fraction of sp³-hybridized carbons (Fsp3) is 0. The monoisotopic (exact) mass is 439 g/mol. The summed E-state index contributed by atoms with van der Waals surface area (Å²) < 4.78 is 0. The van der Waals surface area contributed by atoms with Crippen molar-refractivity contribution in [3.63, 3.8) is 0 Å². The number of rotatable bonds is 4. The molecule has 0 atom stereocenters. The van der Waals surface area contributed by atoms with Crippen molar-refractivity contribution < 1.29 is 9.59 Å². The van der Waals surface area contributed by atoms with Crippen molar-refractivity contribution >= 4 is 45.7 Å². The molecule has 0 spiro atoms. The van der Waals surface area contributed by atoms with Crippen LogP contribution in [-0.2, 0) is 9.59 Å². The predicted molar refractivity (Wildman–Crippen MR) is 127 cm³/mol. The van der Waals surface area contributed by atoms with Gasteiger partial charge in [-0.3, -0.25) is 9.59 Å². The molecule has 0 saturated heterocycles. The van der Waals surface area contributed by atoms with E-state index in [0.717, 1.165) is 23.0 Å². The number of hydrazone groups is 2. The lowest BCUT2D eigenvalue weighted by molar-refractivity contribution is -0.116. The topological polar surface area (TPSA) is 86.2 Å². The molecule has 3 aromatic carbocycles. The molecule has 2 aliphatic rings. The van der Waals surface area contributed by atoms with Crippen LogP contribution in [0.25, 0.3) is 0 Å². The Balaban J connectivity index is 1.56. The highest BCUT2D eigenvalue weighted by atomic mass is 32.2. The van der Waals surface area contributed by atoms with E-state index in [1.54, 1.807) is 17.1 Å². The molecule has 0 bridgehead atoms. The smallest absolute Gasteiger partial charge is 0.283 e. The maximum atomic E-state index is 12.9. The maximum absolute atomic E-state index is 12.9. The molecule has 0 radical (unpaired) electrons. The second kappa shape index (κ2) is 8.52. The van der Waals surface area contributed by atoms with Crippen LogP contribution in [0.4, 0.5) is 11.4 Å². The van der Waals surface area contributed by atoms with Gasteiger partial charge in [-0.2, -0.15) is 10.2 Å². The number of benzene rings is 3. The summed E-state index contributed by atoms with van der Waals surface area (Å²) in [6, 6.07) is 28.0. The molecule has 3 aromatic rings. The van der Waals surface area contributed by atoms with Crippen LogP contribution in [0.3, 0.4) is 0 Å². The molecule has 0 fully saturated rings. The average Bonchev–Trinajstić information content (AvgIpc) is 3.44. The van der Waals surface area contributed by atoms with Gasteiger partial charge in [-0.15, -0.1) is 0 Å². The normalized spacial score (nSPS) is 17.6. The zero-order valence-corrected chi connectivity index (χ0v) is 17.5. The van der Waals surface area contributed by atoms with Crippen molar-refractivity contribution in [1.29, 1.82) is 0 Å². The van der Waals surface area contributed by atoms with Gasteiger partial charge in [0, 0.05) is 11.3 Å². The van der Waals surface area contributed by atoms with Gasteiger partial charge in [-0.05, 0) is 36.0 Å². The Morgan fingerprint density at radius 3 is 2.19 bits per heavy atom. The minimum absolute atomic E-state index is 0.229. The van der Waals surface area contributed by atoms with Gasteiger partial charge in [0.15, 0.2) is 5.04 Å². The summed E-state index contributed by atoms with van der Waals surface area (Å²) in [5, 5.41) is 14.0. The van der Waals surface area contributed by atoms with Gasteiger partial charge in [0.25, 0.3) is 11.8 Å². The molecule has 156 valence electrons. The van der Waals surface area contributed by atoms with Crippen molar-refractivity contribution in [3.05, 3.63) is 107 Å². The first-order valence-electron chi connectivity index (χ1n) is 9.87. The number of amides is 2. The van der Waals surface area contributed by atoms with Gasteiger partial charge in [0.1, 0.15) is 16.3 Å². The van der Waals surface area contributed by atoms with Crippen LogP contribution in [0.2, 0.25) is 0 Å². The van der Waals surface area contributed by atoms with E-state index >= 15 is 0 Å². The Morgan fingerprint density at radius 2 is 1.50 bits per heavy atom. The van der Waals surface area contributed by atoms with E-state index in [4.69, 9.17) is 0 Å². The zero-order chi connectivity index (χ0) is 21.9. The van der Waals surface area contributed by atoms with Crippen molar-refractivity contribution in [2.75, 3.05) is 10.3 Å². The molecule has 32 heavy (non-hydrogen) atoms. The second-order valence-electron chi connectivity index (χ2n) is 6.92. The van der Waals surface area contributed by atoms with E-state index in [2.05, 4.69) is 20.9 Å². The van der Waals surface area contributed by atoms with Crippen molar-refractivity contribution in [3.8, 4) is 0 Å². The molecular weight excluding hydrogens is 422 g/mol. The van der Waals surface area contributed by atoms with E-state index in [1.807, 2.05) is 78.9 Å². The molecule has 0 aliphatic carbocycles. The Hall–Kier alpha value is -4.17. The fourth-order valence-corrected chi connectivity index (χ4v) is 4.29. The molecule has 2 heterocycles. The van der Waals surface area contributed by atoms with E-state index in [1.165, 1.54) is 0 Å². The Morgan fingerprint density at radius 1 is 0.875 bits per heavy atom. The molecule has 2 aliphatic heterocycles. The lowest BCUT2D eigenvalue weighted by Gasteiger charge is -2.17. The number of nitrogens with one attached hydrogen (secondary N) is 2. The number of nitrogens with zero attached hydrogens (tertiary/aromatic N) is 3. The number of carbonyl (C=O) groups excluding carboxylic acids is 2. The van der Waals surface area contributed by atoms with Crippen LogP contribution in [0, 0.1) is 0 Å². The number of anilines is 2.